The van der Waals surface area contributed by atoms with E-state index in [1.54, 1.807) is 13.0 Å². The molecule has 1 unspecified atom stereocenters. The molecule has 0 spiro atoms. The van der Waals surface area contributed by atoms with E-state index in [1.807, 2.05) is 32.1 Å². The largest absolute Gasteiger partial charge is 0.478 e. The van der Waals surface area contributed by atoms with Gasteiger partial charge in [-0.25, -0.2) is 4.79 Å². The van der Waals surface area contributed by atoms with Crippen molar-refractivity contribution in [1.82, 2.24) is 0 Å². The molecular weight excluding hydrogens is 288 g/mol. The molecule has 1 aliphatic rings. The Hall–Kier alpha value is -1.87. The molecule has 1 aliphatic carbocycles. The van der Waals surface area contributed by atoms with Crippen molar-refractivity contribution in [3.63, 3.8) is 0 Å². The van der Waals surface area contributed by atoms with Crippen molar-refractivity contribution < 1.29 is 15.0 Å². The first-order valence-corrected chi connectivity index (χ1v) is 7.97. The summed E-state index contributed by atoms with van der Waals surface area (Å²) < 4.78 is 0. The number of aliphatic hydroxyl groups excluding tert-OH is 1. The lowest BCUT2D eigenvalue weighted by molar-refractivity contribution is -0.131. The van der Waals surface area contributed by atoms with Gasteiger partial charge in [0.1, 0.15) is 0 Å². The molecule has 0 bridgehead atoms. The minimum atomic E-state index is -0.937. The number of hydrogen-bond acceptors (Lipinski definition) is 2. The van der Waals surface area contributed by atoms with Crippen LogP contribution in [0.4, 0.5) is 0 Å². The lowest BCUT2D eigenvalue weighted by Crippen LogP contribution is -2.27. The van der Waals surface area contributed by atoms with E-state index in [9.17, 15) is 9.90 Å². The summed E-state index contributed by atoms with van der Waals surface area (Å²) in [4.78, 5) is 10.5. The minimum absolute atomic E-state index is 0.0801. The fourth-order valence-electron chi connectivity index (χ4n) is 2.78. The van der Waals surface area contributed by atoms with E-state index in [-0.39, 0.29) is 11.5 Å². The molecule has 0 aromatic heterocycles. The summed E-state index contributed by atoms with van der Waals surface area (Å²) in [6.07, 6.45) is 12.3. The van der Waals surface area contributed by atoms with E-state index in [0.717, 1.165) is 24.0 Å². The number of aliphatic carboxylic acids is 1. The van der Waals surface area contributed by atoms with Gasteiger partial charge in [-0.2, -0.15) is 0 Å². The maximum Gasteiger partial charge on any atom is 0.328 e. The second kappa shape index (κ2) is 8.11. The quantitative estimate of drug-likeness (QED) is 0.577. The Morgan fingerprint density at radius 1 is 1.22 bits per heavy atom. The standard InChI is InChI=1S/C20H28O3/c1-14(7-6-8-15(2)13-19(22)23)9-10-17-16(3)18(21)11-12-20(17,4)5/h6-10,13,18,21H,11-12H2,1-5H3,(H,22,23)/b8-6+,10-9?,14-7+,15-13+. The molecule has 1 atom stereocenters. The van der Waals surface area contributed by atoms with Gasteiger partial charge in [-0.3, -0.25) is 0 Å². The molecule has 3 heteroatoms. The van der Waals surface area contributed by atoms with Crippen LogP contribution in [0.3, 0.4) is 0 Å². The van der Waals surface area contributed by atoms with Crippen molar-refractivity contribution >= 4 is 5.97 Å². The molecule has 0 amide bonds. The van der Waals surface area contributed by atoms with Crippen LogP contribution >= 0.6 is 0 Å². The van der Waals surface area contributed by atoms with Gasteiger partial charge >= 0.3 is 5.97 Å². The van der Waals surface area contributed by atoms with Crippen LogP contribution in [0, 0.1) is 5.41 Å². The second-order valence-electron chi connectivity index (χ2n) is 6.86. The van der Waals surface area contributed by atoms with Gasteiger partial charge < -0.3 is 10.2 Å². The SMILES string of the molecule is CC1=C(C=C/C(C)=C/C=C/C(C)=C/C(=O)O)C(C)(C)CCC1O. The first-order valence-electron chi connectivity index (χ1n) is 7.97. The molecule has 23 heavy (non-hydrogen) atoms. The maximum atomic E-state index is 10.5. The number of carbonyl (C=O) groups is 1. The number of carboxylic acids is 1. The van der Waals surface area contributed by atoms with E-state index in [2.05, 4.69) is 19.9 Å². The smallest absolute Gasteiger partial charge is 0.328 e. The molecule has 0 saturated heterocycles. The van der Waals surface area contributed by atoms with Crippen LogP contribution in [0.15, 0.2) is 58.7 Å². The Morgan fingerprint density at radius 2 is 1.87 bits per heavy atom. The fraction of sp³-hybridized carbons (Fsp3) is 0.450. The first-order chi connectivity index (χ1) is 10.6. The number of hydrogen-bond donors (Lipinski definition) is 2. The molecule has 0 saturated carbocycles. The van der Waals surface area contributed by atoms with E-state index in [1.165, 1.54) is 11.6 Å². The van der Waals surface area contributed by atoms with Gasteiger partial charge in [0, 0.05) is 6.08 Å². The van der Waals surface area contributed by atoms with E-state index >= 15 is 0 Å². The van der Waals surface area contributed by atoms with Gasteiger partial charge in [0.15, 0.2) is 0 Å². The molecule has 0 aromatic rings. The Morgan fingerprint density at radius 3 is 2.48 bits per heavy atom. The summed E-state index contributed by atoms with van der Waals surface area (Å²) in [6.45, 7) is 10.2. The van der Waals surface area contributed by atoms with Gasteiger partial charge in [-0.15, -0.1) is 0 Å². The Kier molecular flexibility index (Phi) is 6.77. The highest BCUT2D eigenvalue weighted by atomic mass is 16.4. The zero-order valence-electron chi connectivity index (χ0n) is 14.8. The van der Waals surface area contributed by atoms with Gasteiger partial charge in [0.05, 0.1) is 6.10 Å². The van der Waals surface area contributed by atoms with Crippen molar-refractivity contribution in [2.45, 2.75) is 53.6 Å². The normalized spacial score (nSPS) is 23.1. The van der Waals surface area contributed by atoms with Crippen LogP contribution in [0.1, 0.15) is 47.5 Å². The molecule has 0 heterocycles. The van der Waals surface area contributed by atoms with E-state index in [0.29, 0.717) is 5.57 Å². The molecular formula is C20H28O3. The molecule has 126 valence electrons. The number of rotatable bonds is 5. The minimum Gasteiger partial charge on any atom is -0.478 e. The molecule has 0 aromatic carbocycles. The lowest BCUT2D eigenvalue weighted by Gasteiger charge is -2.35. The predicted octanol–water partition coefficient (Wildman–Crippen LogP) is 4.57. The predicted molar refractivity (Wildman–Crippen MR) is 95.2 cm³/mol. The molecule has 0 aliphatic heterocycles. The van der Waals surface area contributed by atoms with Gasteiger partial charge in [-0.05, 0) is 55.7 Å². The van der Waals surface area contributed by atoms with E-state index < -0.39 is 5.97 Å². The zero-order chi connectivity index (χ0) is 17.6. The van der Waals surface area contributed by atoms with Crippen molar-refractivity contribution in [2.75, 3.05) is 0 Å². The molecule has 3 nitrogen and oxygen atoms in total. The third-order valence-corrected chi connectivity index (χ3v) is 4.28. The summed E-state index contributed by atoms with van der Waals surface area (Å²) in [7, 11) is 0. The second-order valence-corrected chi connectivity index (χ2v) is 6.86. The van der Waals surface area contributed by atoms with Crippen molar-refractivity contribution in [3.05, 3.63) is 58.7 Å². The van der Waals surface area contributed by atoms with Gasteiger partial charge in [0.25, 0.3) is 0 Å². The van der Waals surface area contributed by atoms with Crippen LogP contribution in [0.5, 0.6) is 0 Å². The number of aliphatic hydroxyl groups is 1. The highest BCUT2D eigenvalue weighted by Crippen LogP contribution is 2.40. The fourth-order valence-corrected chi connectivity index (χ4v) is 2.78. The van der Waals surface area contributed by atoms with Crippen molar-refractivity contribution in [1.29, 1.82) is 0 Å². The average molecular weight is 316 g/mol. The average Bonchev–Trinajstić information content (AvgIpc) is 2.42. The summed E-state index contributed by atoms with van der Waals surface area (Å²) in [6, 6.07) is 0. The molecule has 0 fully saturated rings. The monoisotopic (exact) mass is 316 g/mol. The summed E-state index contributed by atoms with van der Waals surface area (Å²) in [5, 5.41) is 18.7. The number of carboxylic acid groups (broad SMARTS) is 1. The van der Waals surface area contributed by atoms with Crippen molar-refractivity contribution in [3.8, 4) is 0 Å². The van der Waals surface area contributed by atoms with Crippen LogP contribution in [-0.4, -0.2) is 22.3 Å². The lowest BCUT2D eigenvalue weighted by atomic mass is 9.71. The van der Waals surface area contributed by atoms with Crippen LogP contribution in [-0.2, 0) is 4.79 Å². The highest BCUT2D eigenvalue weighted by molar-refractivity contribution is 5.81. The maximum absolute atomic E-state index is 10.5. The zero-order valence-corrected chi connectivity index (χ0v) is 14.8. The van der Waals surface area contributed by atoms with Crippen LogP contribution in [0.25, 0.3) is 0 Å². The third kappa shape index (κ3) is 6.03. The first kappa shape index (κ1) is 19.2. The summed E-state index contributed by atoms with van der Waals surface area (Å²) in [5.41, 5.74) is 4.11. The molecule has 1 rings (SSSR count). The summed E-state index contributed by atoms with van der Waals surface area (Å²) in [5.74, 6) is -0.937. The molecule has 0 radical (unpaired) electrons. The van der Waals surface area contributed by atoms with Crippen LogP contribution in [0.2, 0.25) is 0 Å². The van der Waals surface area contributed by atoms with Gasteiger partial charge in [-0.1, -0.05) is 49.8 Å². The Balaban J connectivity index is 2.87. The highest BCUT2D eigenvalue weighted by Gasteiger charge is 2.30. The van der Waals surface area contributed by atoms with Crippen LogP contribution < -0.4 is 0 Å². The number of allylic oxidation sites excluding steroid dienone is 8. The van der Waals surface area contributed by atoms with Gasteiger partial charge in [0.2, 0.25) is 0 Å². The summed E-state index contributed by atoms with van der Waals surface area (Å²) >= 11 is 0. The topological polar surface area (TPSA) is 57.5 Å². The third-order valence-electron chi connectivity index (χ3n) is 4.28. The Labute approximate surface area is 139 Å². The Bertz CT molecular complexity index is 598. The molecule has 2 N–H and O–H groups in total. The van der Waals surface area contributed by atoms with E-state index in [4.69, 9.17) is 5.11 Å². The van der Waals surface area contributed by atoms with Crippen molar-refractivity contribution in [2.24, 2.45) is 5.41 Å².